The molecule has 0 aliphatic carbocycles. The fraction of sp³-hybridized carbons (Fsp3) is 0.0952. The van der Waals surface area contributed by atoms with Gasteiger partial charge in [-0.3, -0.25) is 13.9 Å². The summed E-state index contributed by atoms with van der Waals surface area (Å²) in [6.07, 6.45) is 3.23. The SMILES string of the molecule is O=c1c(Nc2nccs2)cn(Cc2ccccc2)c(=O)n1Cc1ccccc1. The highest BCUT2D eigenvalue weighted by molar-refractivity contribution is 7.13. The molecule has 0 bridgehead atoms. The molecule has 2 aromatic heterocycles. The van der Waals surface area contributed by atoms with Gasteiger partial charge in [0, 0.05) is 17.8 Å². The molecule has 4 rings (SSSR count). The van der Waals surface area contributed by atoms with Crippen molar-refractivity contribution in [3.63, 3.8) is 0 Å². The minimum atomic E-state index is -0.367. The molecular formula is C21H18N4O2S. The number of benzene rings is 2. The van der Waals surface area contributed by atoms with Crippen LogP contribution in [0.1, 0.15) is 11.1 Å². The highest BCUT2D eigenvalue weighted by Gasteiger charge is 2.13. The number of thiazole rings is 1. The maximum atomic E-state index is 13.0. The minimum absolute atomic E-state index is 0.209. The van der Waals surface area contributed by atoms with Crippen LogP contribution in [-0.4, -0.2) is 14.1 Å². The van der Waals surface area contributed by atoms with Gasteiger partial charge in [0.2, 0.25) is 0 Å². The number of rotatable bonds is 6. The molecule has 2 heterocycles. The summed E-state index contributed by atoms with van der Waals surface area (Å²) in [5, 5.41) is 5.48. The highest BCUT2D eigenvalue weighted by Crippen LogP contribution is 2.15. The number of hydrogen-bond donors (Lipinski definition) is 1. The smallest absolute Gasteiger partial charge is 0.326 e. The van der Waals surface area contributed by atoms with Crippen LogP contribution in [0.15, 0.2) is 88.0 Å². The van der Waals surface area contributed by atoms with Crippen LogP contribution in [0.2, 0.25) is 0 Å². The summed E-state index contributed by atoms with van der Waals surface area (Å²) in [5.41, 5.74) is 1.48. The largest absolute Gasteiger partial charge is 0.331 e. The standard InChI is InChI=1S/C21H18N4O2S/c26-19-18(23-20-22-11-12-28-20)15-24(13-16-7-3-1-4-8-16)21(27)25(19)14-17-9-5-2-6-10-17/h1-12,15H,13-14H2,(H,22,23). The Hall–Kier alpha value is -3.45. The first-order chi connectivity index (χ1) is 13.7. The third-order valence-electron chi connectivity index (χ3n) is 4.29. The highest BCUT2D eigenvalue weighted by atomic mass is 32.1. The molecule has 4 aromatic rings. The number of aromatic nitrogens is 3. The maximum Gasteiger partial charge on any atom is 0.331 e. The van der Waals surface area contributed by atoms with Gasteiger partial charge in [0.25, 0.3) is 5.56 Å². The van der Waals surface area contributed by atoms with Gasteiger partial charge in [-0.1, -0.05) is 60.7 Å². The summed E-state index contributed by atoms with van der Waals surface area (Å²) < 4.78 is 2.81. The van der Waals surface area contributed by atoms with Gasteiger partial charge < -0.3 is 5.32 Å². The molecule has 0 aliphatic heterocycles. The zero-order chi connectivity index (χ0) is 19.3. The van der Waals surface area contributed by atoms with E-state index in [1.165, 1.54) is 15.9 Å². The third kappa shape index (κ3) is 3.94. The first-order valence-corrected chi connectivity index (χ1v) is 9.67. The second-order valence-corrected chi connectivity index (χ2v) is 7.17. The lowest BCUT2D eigenvalue weighted by Gasteiger charge is -2.14. The molecule has 140 valence electrons. The molecule has 0 spiro atoms. The van der Waals surface area contributed by atoms with Gasteiger partial charge >= 0.3 is 5.69 Å². The summed E-state index contributed by atoms with van der Waals surface area (Å²) in [4.78, 5) is 30.2. The van der Waals surface area contributed by atoms with Gasteiger partial charge in [-0.15, -0.1) is 11.3 Å². The monoisotopic (exact) mass is 390 g/mol. The first-order valence-electron chi connectivity index (χ1n) is 8.79. The average molecular weight is 390 g/mol. The summed E-state index contributed by atoms with van der Waals surface area (Å²) in [6.45, 7) is 0.585. The minimum Gasteiger partial charge on any atom is -0.326 e. The molecule has 0 radical (unpaired) electrons. The van der Waals surface area contributed by atoms with Crippen molar-refractivity contribution in [1.82, 2.24) is 14.1 Å². The molecule has 0 aliphatic rings. The van der Waals surface area contributed by atoms with E-state index in [2.05, 4.69) is 10.3 Å². The Morgan fingerprint density at radius 3 is 2.14 bits per heavy atom. The van der Waals surface area contributed by atoms with E-state index in [0.717, 1.165) is 11.1 Å². The number of nitrogens with zero attached hydrogens (tertiary/aromatic N) is 3. The van der Waals surface area contributed by atoms with Crippen molar-refractivity contribution >= 4 is 22.2 Å². The Morgan fingerprint density at radius 2 is 1.54 bits per heavy atom. The van der Waals surface area contributed by atoms with Gasteiger partial charge in [-0.2, -0.15) is 0 Å². The van der Waals surface area contributed by atoms with Crippen LogP contribution in [0.25, 0.3) is 0 Å². The van der Waals surface area contributed by atoms with Crippen LogP contribution in [-0.2, 0) is 13.1 Å². The lowest BCUT2D eigenvalue weighted by atomic mass is 10.2. The molecule has 0 unspecified atom stereocenters. The first kappa shape index (κ1) is 17.9. The molecule has 0 atom stereocenters. The van der Waals surface area contributed by atoms with E-state index >= 15 is 0 Å². The van der Waals surface area contributed by atoms with Gasteiger partial charge in [0.1, 0.15) is 5.69 Å². The van der Waals surface area contributed by atoms with Gasteiger partial charge in [-0.25, -0.2) is 9.78 Å². The van der Waals surface area contributed by atoms with E-state index in [1.807, 2.05) is 66.0 Å². The van der Waals surface area contributed by atoms with Crippen molar-refractivity contribution < 1.29 is 0 Å². The summed E-state index contributed by atoms with van der Waals surface area (Å²) in [5.74, 6) is 0. The summed E-state index contributed by atoms with van der Waals surface area (Å²) >= 11 is 1.39. The maximum absolute atomic E-state index is 13.0. The Balaban J connectivity index is 1.79. The van der Waals surface area contributed by atoms with E-state index in [1.54, 1.807) is 17.0 Å². The average Bonchev–Trinajstić information content (AvgIpc) is 3.24. The van der Waals surface area contributed by atoms with E-state index in [4.69, 9.17) is 0 Å². The Morgan fingerprint density at radius 1 is 0.893 bits per heavy atom. The summed E-state index contributed by atoms with van der Waals surface area (Å²) in [6, 6.07) is 19.2. The van der Waals surface area contributed by atoms with E-state index < -0.39 is 0 Å². The van der Waals surface area contributed by atoms with Crippen LogP contribution >= 0.6 is 11.3 Å². The molecule has 2 aromatic carbocycles. The van der Waals surface area contributed by atoms with E-state index in [9.17, 15) is 9.59 Å². The van der Waals surface area contributed by atoms with Crippen molar-refractivity contribution in [2.24, 2.45) is 0 Å². The number of anilines is 2. The molecular weight excluding hydrogens is 372 g/mol. The fourth-order valence-corrected chi connectivity index (χ4v) is 3.48. The molecule has 1 N–H and O–H groups in total. The third-order valence-corrected chi connectivity index (χ3v) is 4.98. The lowest BCUT2D eigenvalue weighted by molar-refractivity contribution is 0.615. The predicted octanol–water partition coefficient (Wildman–Crippen LogP) is 3.31. The van der Waals surface area contributed by atoms with E-state index in [0.29, 0.717) is 17.4 Å². The quantitative estimate of drug-likeness (QED) is 0.548. The van der Waals surface area contributed by atoms with Crippen molar-refractivity contribution in [1.29, 1.82) is 0 Å². The van der Waals surface area contributed by atoms with Crippen LogP contribution < -0.4 is 16.6 Å². The number of nitrogens with one attached hydrogen (secondary N) is 1. The topological polar surface area (TPSA) is 68.9 Å². The van der Waals surface area contributed by atoms with Crippen molar-refractivity contribution in [2.45, 2.75) is 13.1 Å². The Kier molecular flexibility index (Phi) is 5.16. The van der Waals surface area contributed by atoms with Gasteiger partial charge in [0.15, 0.2) is 5.13 Å². The van der Waals surface area contributed by atoms with E-state index in [-0.39, 0.29) is 17.8 Å². The number of hydrogen-bond acceptors (Lipinski definition) is 5. The fourth-order valence-electron chi connectivity index (χ4n) is 2.94. The Labute approximate surface area is 165 Å². The van der Waals surface area contributed by atoms with Crippen molar-refractivity contribution in [3.8, 4) is 0 Å². The zero-order valence-corrected chi connectivity index (χ0v) is 15.8. The molecule has 7 heteroatoms. The summed E-state index contributed by atoms with van der Waals surface area (Å²) in [7, 11) is 0. The Bertz CT molecular complexity index is 1170. The predicted molar refractivity (Wildman–Crippen MR) is 111 cm³/mol. The van der Waals surface area contributed by atoms with Crippen LogP contribution in [0.5, 0.6) is 0 Å². The molecule has 0 amide bonds. The normalized spacial score (nSPS) is 10.7. The van der Waals surface area contributed by atoms with Crippen LogP contribution in [0.4, 0.5) is 10.8 Å². The molecule has 6 nitrogen and oxygen atoms in total. The van der Waals surface area contributed by atoms with Crippen LogP contribution in [0, 0.1) is 0 Å². The lowest BCUT2D eigenvalue weighted by Crippen LogP contribution is -2.40. The zero-order valence-electron chi connectivity index (χ0n) is 15.0. The van der Waals surface area contributed by atoms with Crippen molar-refractivity contribution in [2.75, 3.05) is 5.32 Å². The van der Waals surface area contributed by atoms with Crippen molar-refractivity contribution in [3.05, 3.63) is 110 Å². The molecule has 28 heavy (non-hydrogen) atoms. The molecule has 0 saturated heterocycles. The van der Waals surface area contributed by atoms with Gasteiger partial charge in [-0.05, 0) is 11.1 Å². The molecule has 0 fully saturated rings. The second kappa shape index (κ2) is 8.06. The second-order valence-electron chi connectivity index (χ2n) is 6.28. The van der Waals surface area contributed by atoms with Crippen LogP contribution in [0.3, 0.4) is 0 Å². The van der Waals surface area contributed by atoms with Gasteiger partial charge in [0.05, 0.1) is 13.1 Å². The molecule has 0 saturated carbocycles.